The zero-order valence-corrected chi connectivity index (χ0v) is 13.4. The summed E-state index contributed by atoms with van der Waals surface area (Å²) in [6.45, 7) is 1.01. The molecule has 1 N–H and O–H groups in total. The van der Waals surface area contributed by atoms with Gasteiger partial charge in [-0.25, -0.2) is 0 Å². The summed E-state index contributed by atoms with van der Waals surface area (Å²) in [5.41, 5.74) is 2.22. The Balaban J connectivity index is 1.56. The first kappa shape index (κ1) is 15.0. The van der Waals surface area contributed by atoms with Gasteiger partial charge in [0.25, 0.3) is 0 Å². The molecule has 0 aromatic heterocycles. The molecule has 0 spiro atoms. The molecule has 0 bridgehead atoms. The minimum atomic E-state index is -0.111. The number of para-hydroxylation sites is 1. The standard InChI is InChI=1S/C18H19NO2S/c1-22-16-8-6-13(7-9-16)11-19-18(20)15-10-14-4-2-3-5-17(14)21-12-15/h2-9,15H,10-12H2,1H3,(H,19,20)/t15-/m1/s1. The van der Waals surface area contributed by atoms with Crippen molar-refractivity contribution in [3.63, 3.8) is 0 Å². The number of rotatable bonds is 4. The second-order valence-electron chi connectivity index (χ2n) is 5.39. The summed E-state index contributed by atoms with van der Waals surface area (Å²) in [5.74, 6) is 0.850. The molecule has 0 radical (unpaired) electrons. The van der Waals surface area contributed by atoms with Crippen molar-refractivity contribution in [2.75, 3.05) is 12.9 Å². The Labute approximate surface area is 135 Å². The minimum absolute atomic E-state index is 0.0587. The Bertz CT molecular complexity index is 654. The van der Waals surface area contributed by atoms with Crippen LogP contribution in [0.4, 0.5) is 0 Å². The first-order valence-corrected chi connectivity index (χ1v) is 8.60. The molecule has 1 aliphatic rings. The lowest BCUT2D eigenvalue weighted by molar-refractivity contribution is -0.126. The summed E-state index contributed by atoms with van der Waals surface area (Å²) in [6, 6.07) is 16.2. The van der Waals surface area contributed by atoms with E-state index in [1.807, 2.05) is 24.3 Å². The number of benzene rings is 2. The molecule has 1 atom stereocenters. The highest BCUT2D eigenvalue weighted by Gasteiger charge is 2.25. The van der Waals surface area contributed by atoms with Crippen LogP contribution in [0.3, 0.4) is 0 Å². The highest BCUT2D eigenvalue weighted by Crippen LogP contribution is 2.26. The van der Waals surface area contributed by atoms with Gasteiger partial charge in [0.1, 0.15) is 12.4 Å². The Kier molecular flexibility index (Phi) is 4.68. The average Bonchev–Trinajstić information content (AvgIpc) is 2.59. The molecule has 22 heavy (non-hydrogen) atoms. The van der Waals surface area contributed by atoms with E-state index in [2.05, 4.69) is 35.8 Å². The van der Waals surface area contributed by atoms with Crippen molar-refractivity contribution in [1.82, 2.24) is 5.32 Å². The van der Waals surface area contributed by atoms with Gasteiger partial charge in [-0.3, -0.25) is 4.79 Å². The molecule has 0 fully saturated rings. The Morgan fingerprint density at radius 3 is 2.77 bits per heavy atom. The number of hydrogen-bond acceptors (Lipinski definition) is 3. The van der Waals surface area contributed by atoms with E-state index in [1.54, 1.807) is 11.8 Å². The summed E-state index contributed by atoms with van der Waals surface area (Å²) in [7, 11) is 0. The first-order valence-electron chi connectivity index (χ1n) is 7.37. The van der Waals surface area contributed by atoms with Crippen molar-refractivity contribution in [2.45, 2.75) is 17.9 Å². The number of nitrogens with one attached hydrogen (secondary N) is 1. The molecule has 114 valence electrons. The van der Waals surface area contributed by atoms with Crippen molar-refractivity contribution >= 4 is 17.7 Å². The maximum atomic E-state index is 12.3. The van der Waals surface area contributed by atoms with Crippen molar-refractivity contribution in [1.29, 1.82) is 0 Å². The van der Waals surface area contributed by atoms with Gasteiger partial charge in [0.2, 0.25) is 5.91 Å². The zero-order chi connectivity index (χ0) is 15.4. The fraction of sp³-hybridized carbons (Fsp3) is 0.278. The predicted octanol–water partition coefficient (Wildman–Crippen LogP) is 3.28. The van der Waals surface area contributed by atoms with Gasteiger partial charge in [0.15, 0.2) is 0 Å². The van der Waals surface area contributed by atoms with Crippen LogP contribution in [0.5, 0.6) is 5.75 Å². The molecule has 0 saturated carbocycles. The van der Waals surface area contributed by atoms with Crippen molar-refractivity contribution in [3.8, 4) is 5.75 Å². The quantitative estimate of drug-likeness (QED) is 0.880. The summed E-state index contributed by atoms with van der Waals surface area (Å²) in [5, 5.41) is 3.01. The van der Waals surface area contributed by atoms with Gasteiger partial charge >= 0.3 is 0 Å². The van der Waals surface area contributed by atoms with Crippen LogP contribution in [0.1, 0.15) is 11.1 Å². The zero-order valence-electron chi connectivity index (χ0n) is 12.5. The van der Waals surface area contributed by atoms with E-state index >= 15 is 0 Å². The normalized spacial score (nSPS) is 16.5. The van der Waals surface area contributed by atoms with Gasteiger partial charge in [-0.2, -0.15) is 0 Å². The van der Waals surface area contributed by atoms with Gasteiger partial charge in [-0.15, -0.1) is 11.8 Å². The molecule has 1 aliphatic heterocycles. The van der Waals surface area contributed by atoms with E-state index in [-0.39, 0.29) is 11.8 Å². The van der Waals surface area contributed by atoms with Crippen LogP contribution in [0.25, 0.3) is 0 Å². The minimum Gasteiger partial charge on any atom is -0.492 e. The third kappa shape index (κ3) is 3.45. The molecule has 1 amide bonds. The van der Waals surface area contributed by atoms with Crippen LogP contribution in [0.15, 0.2) is 53.4 Å². The van der Waals surface area contributed by atoms with E-state index in [9.17, 15) is 4.79 Å². The van der Waals surface area contributed by atoms with E-state index in [4.69, 9.17) is 4.74 Å². The molecule has 3 rings (SSSR count). The Morgan fingerprint density at radius 2 is 2.00 bits per heavy atom. The number of fused-ring (bicyclic) bond motifs is 1. The van der Waals surface area contributed by atoms with Gasteiger partial charge in [0.05, 0.1) is 5.92 Å². The molecule has 0 saturated heterocycles. The average molecular weight is 313 g/mol. The summed E-state index contributed by atoms with van der Waals surface area (Å²) in [4.78, 5) is 13.5. The van der Waals surface area contributed by atoms with Crippen LogP contribution < -0.4 is 10.1 Å². The second-order valence-corrected chi connectivity index (χ2v) is 6.27. The number of carbonyl (C=O) groups is 1. The topological polar surface area (TPSA) is 38.3 Å². The summed E-state index contributed by atoms with van der Waals surface area (Å²) < 4.78 is 5.68. The molecule has 0 aliphatic carbocycles. The molecule has 2 aromatic carbocycles. The predicted molar refractivity (Wildman–Crippen MR) is 89.2 cm³/mol. The first-order chi connectivity index (χ1) is 10.8. The van der Waals surface area contributed by atoms with Crippen molar-refractivity contribution < 1.29 is 9.53 Å². The molecular weight excluding hydrogens is 294 g/mol. The lowest BCUT2D eigenvalue weighted by atomic mass is 9.96. The van der Waals surface area contributed by atoms with E-state index < -0.39 is 0 Å². The second kappa shape index (κ2) is 6.88. The van der Waals surface area contributed by atoms with Crippen molar-refractivity contribution in [2.24, 2.45) is 5.92 Å². The number of amides is 1. The third-order valence-electron chi connectivity index (χ3n) is 3.88. The van der Waals surface area contributed by atoms with Crippen LogP contribution in [0.2, 0.25) is 0 Å². The van der Waals surface area contributed by atoms with Crippen LogP contribution in [-0.4, -0.2) is 18.8 Å². The number of thioether (sulfide) groups is 1. The SMILES string of the molecule is CSc1ccc(CNC(=O)[C@H]2COc3ccccc3C2)cc1. The molecule has 3 nitrogen and oxygen atoms in total. The molecule has 1 heterocycles. The smallest absolute Gasteiger partial charge is 0.227 e. The van der Waals surface area contributed by atoms with Gasteiger partial charge in [-0.1, -0.05) is 30.3 Å². The lowest BCUT2D eigenvalue weighted by Gasteiger charge is -2.24. The van der Waals surface area contributed by atoms with Gasteiger partial charge in [0, 0.05) is 11.4 Å². The fourth-order valence-electron chi connectivity index (χ4n) is 2.57. The lowest BCUT2D eigenvalue weighted by Crippen LogP contribution is -2.37. The van der Waals surface area contributed by atoms with Crippen LogP contribution in [-0.2, 0) is 17.8 Å². The fourth-order valence-corrected chi connectivity index (χ4v) is 2.98. The summed E-state index contributed by atoms with van der Waals surface area (Å²) in [6.07, 6.45) is 2.80. The van der Waals surface area contributed by atoms with Crippen LogP contribution in [0, 0.1) is 5.92 Å². The summed E-state index contributed by atoms with van der Waals surface area (Å²) >= 11 is 1.71. The molecular formula is C18H19NO2S. The Hall–Kier alpha value is -1.94. The molecule has 4 heteroatoms. The highest BCUT2D eigenvalue weighted by molar-refractivity contribution is 7.98. The maximum absolute atomic E-state index is 12.3. The van der Waals surface area contributed by atoms with Crippen molar-refractivity contribution in [3.05, 3.63) is 59.7 Å². The largest absolute Gasteiger partial charge is 0.492 e. The number of carbonyl (C=O) groups excluding carboxylic acids is 1. The van der Waals surface area contributed by atoms with Gasteiger partial charge < -0.3 is 10.1 Å². The number of hydrogen-bond donors (Lipinski definition) is 1. The van der Waals surface area contributed by atoms with Gasteiger partial charge in [-0.05, 0) is 42.0 Å². The molecule has 2 aromatic rings. The van der Waals surface area contributed by atoms with E-state index in [0.717, 1.165) is 23.3 Å². The Morgan fingerprint density at radius 1 is 1.23 bits per heavy atom. The monoisotopic (exact) mass is 313 g/mol. The maximum Gasteiger partial charge on any atom is 0.227 e. The highest BCUT2D eigenvalue weighted by atomic mass is 32.2. The van der Waals surface area contributed by atoms with E-state index in [1.165, 1.54) is 4.90 Å². The van der Waals surface area contributed by atoms with E-state index in [0.29, 0.717) is 13.2 Å². The molecule has 0 unspecified atom stereocenters. The number of ether oxygens (including phenoxy) is 1. The third-order valence-corrected chi connectivity index (χ3v) is 4.62. The van der Waals surface area contributed by atoms with Crippen LogP contribution >= 0.6 is 11.8 Å².